The SMILES string of the molecule is CCCCCCCC(O)CCCCCCCCCC(=O)[O-].CCCCCCCC(O)CCCCCCCCCC(=O)[O-].[Mg+2]. The number of carbonyl (C=O) groups excluding carboxylic acids is 2. The summed E-state index contributed by atoms with van der Waals surface area (Å²) in [5, 5.41) is 40.2. The number of aliphatic hydroxyl groups excluding tert-OH is 2. The Balaban J connectivity index is -0.000000727. The minimum Gasteiger partial charge on any atom is -0.550 e. The maximum Gasteiger partial charge on any atom is 2.00 e. The molecule has 0 amide bonds. The largest absolute Gasteiger partial charge is 2.00 e. The monoisotopic (exact) mass is 623 g/mol. The summed E-state index contributed by atoms with van der Waals surface area (Å²) in [7, 11) is 0. The molecule has 0 aromatic carbocycles. The van der Waals surface area contributed by atoms with Crippen LogP contribution in [0.3, 0.4) is 0 Å². The van der Waals surface area contributed by atoms with Crippen LogP contribution in [0.15, 0.2) is 0 Å². The fourth-order valence-corrected chi connectivity index (χ4v) is 5.32. The zero-order valence-corrected chi connectivity index (χ0v) is 30.0. The Hall–Kier alpha value is -0.374. The van der Waals surface area contributed by atoms with Gasteiger partial charge in [0.2, 0.25) is 0 Å². The number of aliphatic carboxylic acids is 2. The Bertz CT molecular complexity index is 512. The molecule has 0 fully saturated rings. The normalized spacial score (nSPS) is 12.2. The second kappa shape index (κ2) is 39.7. The maximum absolute atomic E-state index is 10.2. The van der Waals surface area contributed by atoms with Gasteiger partial charge in [-0.3, -0.25) is 0 Å². The predicted molar refractivity (Wildman–Crippen MR) is 178 cm³/mol. The van der Waals surface area contributed by atoms with Crippen LogP contribution < -0.4 is 10.2 Å². The first-order valence-electron chi connectivity index (χ1n) is 18.1. The van der Waals surface area contributed by atoms with Gasteiger partial charge in [-0.1, -0.05) is 155 Å². The molecule has 0 saturated carbocycles. The van der Waals surface area contributed by atoms with Crippen molar-refractivity contribution in [2.45, 2.75) is 219 Å². The smallest absolute Gasteiger partial charge is 0.550 e. The Morgan fingerprint density at radius 3 is 0.860 bits per heavy atom. The van der Waals surface area contributed by atoms with Crippen molar-refractivity contribution in [3.8, 4) is 0 Å². The summed E-state index contributed by atoms with van der Waals surface area (Å²) >= 11 is 0. The van der Waals surface area contributed by atoms with Gasteiger partial charge in [0.1, 0.15) is 0 Å². The summed E-state index contributed by atoms with van der Waals surface area (Å²) in [4.78, 5) is 20.5. The van der Waals surface area contributed by atoms with E-state index in [1.807, 2.05) is 0 Å². The first-order chi connectivity index (χ1) is 20.3. The zero-order valence-electron chi connectivity index (χ0n) is 28.6. The molecule has 0 bridgehead atoms. The van der Waals surface area contributed by atoms with Crippen molar-refractivity contribution in [2.75, 3.05) is 0 Å². The van der Waals surface area contributed by atoms with E-state index in [9.17, 15) is 30.0 Å². The summed E-state index contributed by atoms with van der Waals surface area (Å²) in [6.45, 7) is 4.44. The first-order valence-corrected chi connectivity index (χ1v) is 18.1. The van der Waals surface area contributed by atoms with E-state index in [1.54, 1.807) is 0 Å². The standard InChI is InChI=1S/2C18H36O3.Mg/c2*1-2-3-4-8-11-14-17(19)15-12-9-6-5-7-10-13-16-18(20)21;/h2*17,19H,2-16H2,1H3,(H,20,21);/q;;+2/p-2. The molecule has 2 unspecified atom stereocenters. The Morgan fingerprint density at radius 2 is 0.628 bits per heavy atom. The molecular weight excluding hydrogens is 553 g/mol. The second-order valence-corrected chi connectivity index (χ2v) is 12.5. The molecule has 0 aromatic heterocycles. The van der Waals surface area contributed by atoms with Gasteiger partial charge in [0.05, 0.1) is 12.2 Å². The van der Waals surface area contributed by atoms with Crippen molar-refractivity contribution < 1.29 is 30.0 Å². The molecule has 0 aliphatic carbocycles. The van der Waals surface area contributed by atoms with Gasteiger partial charge in [0.25, 0.3) is 0 Å². The van der Waals surface area contributed by atoms with Crippen molar-refractivity contribution in [2.24, 2.45) is 0 Å². The minimum atomic E-state index is -0.932. The van der Waals surface area contributed by atoms with Gasteiger partial charge in [-0.05, 0) is 51.4 Å². The zero-order chi connectivity index (χ0) is 31.5. The van der Waals surface area contributed by atoms with E-state index in [-0.39, 0.29) is 48.1 Å². The quantitative estimate of drug-likeness (QED) is 0.0590. The molecule has 2 N–H and O–H groups in total. The molecule has 0 aliphatic heterocycles. The second-order valence-electron chi connectivity index (χ2n) is 12.5. The van der Waals surface area contributed by atoms with Gasteiger partial charge in [-0.15, -0.1) is 0 Å². The van der Waals surface area contributed by atoms with Crippen LogP contribution in [0.25, 0.3) is 0 Å². The molecule has 7 heteroatoms. The van der Waals surface area contributed by atoms with Gasteiger partial charge in [0.15, 0.2) is 0 Å². The van der Waals surface area contributed by atoms with E-state index in [2.05, 4.69) is 13.8 Å². The van der Waals surface area contributed by atoms with E-state index < -0.39 is 11.9 Å². The van der Waals surface area contributed by atoms with Gasteiger partial charge >= 0.3 is 23.1 Å². The predicted octanol–water partition coefficient (Wildman–Crippen LogP) is 7.56. The maximum atomic E-state index is 10.2. The van der Waals surface area contributed by atoms with E-state index in [0.29, 0.717) is 0 Å². The molecule has 0 aliphatic rings. The van der Waals surface area contributed by atoms with Crippen LogP contribution in [0.1, 0.15) is 206 Å². The number of carboxylic acids is 2. The topological polar surface area (TPSA) is 121 Å². The van der Waals surface area contributed by atoms with Gasteiger partial charge < -0.3 is 30.0 Å². The number of aliphatic hydroxyl groups is 2. The molecule has 252 valence electrons. The molecule has 0 rings (SSSR count). The average Bonchev–Trinajstić information content (AvgIpc) is 2.95. The summed E-state index contributed by atoms with van der Waals surface area (Å²) in [5.41, 5.74) is 0. The third-order valence-corrected chi connectivity index (χ3v) is 8.12. The molecule has 0 spiro atoms. The number of carbonyl (C=O) groups is 2. The summed E-state index contributed by atoms with van der Waals surface area (Å²) in [6.07, 6.45) is 31.8. The van der Waals surface area contributed by atoms with Crippen LogP contribution in [0.2, 0.25) is 0 Å². The molecule has 43 heavy (non-hydrogen) atoms. The number of rotatable bonds is 32. The van der Waals surface area contributed by atoms with Crippen LogP contribution in [0.4, 0.5) is 0 Å². The summed E-state index contributed by atoms with van der Waals surface area (Å²) in [6, 6.07) is 0. The van der Waals surface area contributed by atoms with Gasteiger partial charge in [0, 0.05) is 11.9 Å². The third-order valence-electron chi connectivity index (χ3n) is 8.12. The molecular formula is C36H70MgO6. The number of hydrogen-bond donors (Lipinski definition) is 2. The van der Waals surface area contributed by atoms with Crippen molar-refractivity contribution >= 4 is 35.0 Å². The van der Waals surface area contributed by atoms with Crippen molar-refractivity contribution in [3.63, 3.8) is 0 Å². The van der Waals surface area contributed by atoms with Gasteiger partial charge in [-0.25, -0.2) is 0 Å². The van der Waals surface area contributed by atoms with Crippen molar-refractivity contribution in [1.82, 2.24) is 0 Å². The Labute approximate surface area is 282 Å². The van der Waals surface area contributed by atoms with E-state index >= 15 is 0 Å². The van der Waals surface area contributed by atoms with E-state index in [1.165, 1.54) is 103 Å². The van der Waals surface area contributed by atoms with Crippen LogP contribution >= 0.6 is 0 Å². The number of carboxylic acid groups (broad SMARTS) is 2. The average molecular weight is 623 g/mol. The molecule has 0 heterocycles. The van der Waals surface area contributed by atoms with Gasteiger partial charge in [-0.2, -0.15) is 0 Å². The van der Waals surface area contributed by atoms with Crippen LogP contribution in [-0.2, 0) is 9.59 Å². The molecule has 0 radical (unpaired) electrons. The van der Waals surface area contributed by atoms with Crippen LogP contribution in [0.5, 0.6) is 0 Å². The summed E-state index contributed by atoms with van der Waals surface area (Å²) in [5.74, 6) is -1.86. The summed E-state index contributed by atoms with van der Waals surface area (Å²) < 4.78 is 0. The van der Waals surface area contributed by atoms with Crippen molar-refractivity contribution in [3.05, 3.63) is 0 Å². The van der Waals surface area contributed by atoms with Crippen LogP contribution in [0, 0.1) is 0 Å². The Morgan fingerprint density at radius 1 is 0.419 bits per heavy atom. The molecule has 6 nitrogen and oxygen atoms in total. The van der Waals surface area contributed by atoms with Crippen molar-refractivity contribution in [1.29, 1.82) is 0 Å². The minimum absolute atomic E-state index is 0. The van der Waals surface area contributed by atoms with E-state index in [4.69, 9.17) is 0 Å². The molecule has 0 saturated heterocycles. The fourth-order valence-electron chi connectivity index (χ4n) is 5.32. The molecule has 0 aromatic rings. The Kier molecular flexibility index (Phi) is 43.4. The first kappa shape index (κ1) is 47.0. The van der Waals surface area contributed by atoms with Crippen LogP contribution in [-0.4, -0.2) is 57.4 Å². The molecule has 2 atom stereocenters. The number of hydrogen-bond acceptors (Lipinski definition) is 6. The number of unbranched alkanes of at least 4 members (excludes halogenated alkanes) is 20. The third kappa shape index (κ3) is 46.2. The van der Waals surface area contributed by atoms with E-state index in [0.717, 1.165) is 77.0 Å². The fraction of sp³-hybridized carbons (Fsp3) is 0.944.